The van der Waals surface area contributed by atoms with Crippen molar-refractivity contribution in [1.82, 2.24) is 10.6 Å². The Balaban J connectivity index is 1.75. The third-order valence-electron chi connectivity index (χ3n) is 4.55. The molecular weight excluding hydrogens is 387 g/mol. The predicted octanol–water partition coefficient (Wildman–Crippen LogP) is 1.26. The average Bonchev–Trinajstić information content (AvgIpc) is 3.16. The number of nitriles is 1. The standard InChI is InChI=1S/C16H16F3N3O4S/c17-16(18,19)26-12-3-1-2-4-13(12)27(24,25)10-7-11(21-8-10)14(23)22-15(9-20)5-6-15/h1-4,10-11,21H,5-8H2,(H,22,23)/t10-,11+/m1/s1. The molecule has 0 bridgehead atoms. The number of hydrogen-bond acceptors (Lipinski definition) is 6. The second-order valence-electron chi connectivity index (χ2n) is 6.54. The molecule has 1 saturated carbocycles. The summed E-state index contributed by atoms with van der Waals surface area (Å²) < 4.78 is 67.0. The topological polar surface area (TPSA) is 108 Å². The first-order valence-corrected chi connectivity index (χ1v) is 9.66. The van der Waals surface area contributed by atoms with Gasteiger partial charge in [-0.25, -0.2) is 8.42 Å². The van der Waals surface area contributed by atoms with E-state index in [0.29, 0.717) is 12.8 Å². The smallest absolute Gasteiger partial charge is 0.404 e. The van der Waals surface area contributed by atoms with E-state index in [1.165, 1.54) is 12.1 Å². The van der Waals surface area contributed by atoms with E-state index in [9.17, 15) is 26.4 Å². The zero-order valence-corrected chi connectivity index (χ0v) is 14.7. The largest absolute Gasteiger partial charge is 0.573 e. The van der Waals surface area contributed by atoms with Gasteiger partial charge in [0.25, 0.3) is 0 Å². The molecule has 3 rings (SSSR count). The summed E-state index contributed by atoms with van der Waals surface area (Å²) in [6.45, 7) is -0.0969. The van der Waals surface area contributed by atoms with Gasteiger partial charge in [-0.2, -0.15) is 5.26 Å². The van der Waals surface area contributed by atoms with E-state index in [-0.39, 0.29) is 13.0 Å². The van der Waals surface area contributed by atoms with Crippen LogP contribution >= 0.6 is 0 Å². The molecule has 1 aromatic rings. The van der Waals surface area contributed by atoms with Gasteiger partial charge in [0.2, 0.25) is 5.91 Å². The maximum atomic E-state index is 12.8. The van der Waals surface area contributed by atoms with Gasteiger partial charge < -0.3 is 15.4 Å². The van der Waals surface area contributed by atoms with Crippen molar-refractivity contribution in [2.75, 3.05) is 6.54 Å². The Morgan fingerprint density at radius 2 is 2.00 bits per heavy atom. The van der Waals surface area contributed by atoms with Crippen LogP contribution in [0.15, 0.2) is 29.2 Å². The van der Waals surface area contributed by atoms with Crippen LogP contribution in [0, 0.1) is 11.3 Å². The Labute approximate surface area is 153 Å². The summed E-state index contributed by atoms with van der Waals surface area (Å²) in [4.78, 5) is 11.7. The van der Waals surface area contributed by atoms with E-state index in [1.807, 2.05) is 6.07 Å². The molecule has 146 valence electrons. The molecule has 2 atom stereocenters. The van der Waals surface area contributed by atoms with Gasteiger partial charge in [0, 0.05) is 6.54 Å². The minimum Gasteiger partial charge on any atom is -0.404 e. The third-order valence-corrected chi connectivity index (χ3v) is 6.74. The molecule has 1 amide bonds. The average molecular weight is 403 g/mol. The molecule has 1 aliphatic heterocycles. The molecule has 2 aliphatic rings. The summed E-state index contributed by atoms with van der Waals surface area (Å²) in [5.41, 5.74) is -0.886. The van der Waals surface area contributed by atoms with Crippen LogP contribution in [0.3, 0.4) is 0 Å². The highest BCUT2D eigenvalue weighted by Gasteiger charge is 2.47. The van der Waals surface area contributed by atoms with Gasteiger partial charge in [0.1, 0.15) is 16.2 Å². The normalized spacial score (nSPS) is 24.1. The Kier molecular flexibility index (Phi) is 4.81. The maximum absolute atomic E-state index is 12.8. The second-order valence-corrected chi connectivity index (χ2v) is 8.74. The molecule has 11 heteroatoms. The van der Waals surface area contributed by atoms with E-state index in [1.54, 1.807) is 0 Å². The predicted molar refractivity (Wildman–Crippen MR) is 86.2 cm³/mol. The molecule has 0 aromatic heterocycles. The lowest BCUT2D eigenvalue weighted by atomic mass is 10.2. The van der Waals surface area contributed by atoms with Crippen molar-refractivity contribution in [3.05, 3.63) is 24.3 Å². The van der Waals surface area contributed by atoms with Crippen LogP contribution in [0.25, 0.3) is 0 Å². The van der Waals surface area contributed by atoms with Crippen LogP contribution in [0.1, 0.15) is 19.3 Å². The first-order valence-electron chi connectivity index (χ1n) is 8.12. The van der Waals surface area contributed by atoms with Gasteiger partial charge in [-0.05, 0) is 31.4 Å². The second kappa shape index (κ2) is 6.69. The number of nitrogens with zero attached hydrogens (tertiary/aromatic N) is 1. The van der Waals surface area contributed by atoms with Gasteiger partial charge in [-0.1, -0.05) is 12.1 Å². The van der Waals surface area contributed by atoms with Crippen molar-refractivity contribution in [2.45, 2.75) is 47.4 Å². The van der Waals surface area contributed by atoms with Crippen LogP contribution < -0.4 is 15.4 Å². The Bertz CT molecular complexity index is 891. The lowest BCUT2D eigenvalue weighted by Crippen LogP contribution is -2.45. The van der Waals surface area contributed by atoms with Gasteiger partial charge in [0.15, 0.2) is 9.84 Å². The fourth-order valence-corrected chi connectivity index (χ4v) is 4.70. The number of amides is 1. The summed E-state index contributed by atoms with van der Waals surface area (Å²) in [5, 5.41) is 13.3. The van der Waals surface area contributed by atoms with E-state index in [0.717, 1.165) is 12.1 Å². The summed E-state index contributed by atoms with van der Waals surface area (Å²) in [5.74, 6) is -1.30. The number of sulfone groups is 1. The Morgan fingerprint density at radius 1 is 1.33 bits per heavy atom. The van der Waals surface area contributed by atoms with E-state index < -0.39 is 49.6 Å². The zero-order valence-electron chi connectivity index (χ0n) is 13.9. The van der Waals surface area contributed by atoms with Gasteiger partial charge in [-0.3, -0.25) is 4.79 Å². The number of halogens is 3. The number of nitrogens with one attached hydrogen (secondary N) is 2. The molecule has 0 radical (unpaired) electrons. The summed E-state index contributed by atoms with van der Waals surface area (Å²) in [7, 11) is -4.17. The molecule has 0 spiro atoms. The lowest BCUT2D eigenvalue weighted by molar-refractivity contribution is -0.275. The van der Waals surface area contributed by atoms with Crippen molar-refractivity contribution in [1.29, 1.82) is 5.26 Å². The number of para-hydroxylation sites is 1. The Morgan fingerprint density at radius 3 is 2.59 bits per heavy atom. The quantitative estimate of drug-likeness (QED) is 0.766. The number of carbonyl (C=O) groups is 1. The Hall–Kier alpha value is -2.32. The molecule has 7 nitrogen and oxygen atoms in total. The highest BCUT2D eigenvalue weighted by atomic mass is 32.2. The third kappa shape index (κ3) is 4.17. The van der Waals surface area contributed by atoms with Crippen molar-refractivity contribution in [2.24, 2.45) is 0 Å². The monoisotopic (exact) mass is 403 g/mol. The molecule has 1 heterocycles. The molecule has 1 aliphatic carbocycles. The minimum absolute atomic E-state index is 0.0969. The number of carbonyl (C=O) groups excluding carboxylic acids is 1. The van der Waals surface area contributed by atoms with Crippen molar-refractivity contribution in [3.8, 4) is 11.8 Å². The molecule has 0 unspecified atom stereocenters. The van der Waals surface area contributed by atoms with E-state index in [4.69, 9.17) is 5.26 Å². The summed E-state index contributed by atoms with van der Waals surface area (Å²) in [6.07, 6.45) is -4.08. The number of rotatable bonds is 5. The van der Waals surface area contributed by atoms with Gasteiger partial charge in [-0.15, -0.1) is 13.2 Å². The highest BCUT2D eigenvalue weighted by molar-refractivity contribution is 7.92. The van der Waals surface area contributed by atoms with Gasteiger partial charge >= 0.3 is 6.36 Å². The first-order chi connectivity index (χ1) is 12.6. The molecule has 2 fully saturated rings. The van der Waals surface area contributed by atoms with E-state index in [2.05, 4.69) is 15.4 Å². The highest BCUT2D eigenvalue weighted by Crippen LogP contribution is 2.36. The number of hydrogen-bond donors (Lipinski definition) is 2. The van der Waals surface area contributed by atoms with Crippen LogP contribution in [0.5, 0.6) is 5.75 Å². The first kappa shape index (κ1) is 19.4. The van der Waals surface area contributed by atoms with Crippen LogP contribution in [-0.2, 0) is 14.6 Å². The minimum atomic E-state index is -5.03. The van der Waals surface area contributed by atoms with Crippen molar-refractivity contribution >= 4 is 15.7 Å². The van der Waals surface area contributed by atoms with Crippen molar-refractivity contribution < 1.29 is 31.1 Å². The maximum Gasteiger partial charge on any atom is 0.573 e. The van der Waals surface area contributed by atoms with Gasteiger partial charge in [0.05, 0.1) is 17.4 Å². The number of alkyl halides is 3. The molecule has 1 aromatic carbocycles. The fourth-order valence-electron chi connectivity index (χ4n) is 2.93. The van der Waals surface area contributed by atoms with Crippen LogP contribution in [0.2, 0.25) is 0 Å². The fraction of sp³-hybridized carbons (Fsp3) is 0.500. The van der Waals surface area contributed by atoms with Crippen LogP contribution in [-0.4, -0.2) is 44.1 Å². The summed E-state index contributed by atoms with van der Waals surface area (Å²) >= 11 is 0. The SMILES string of the molecule is N#CC1(NC(=O)[C@@H]2C[C@@H](S(=O)(=O)c3ccccc3OC(F)(F)F)CN2)CC1. The molecule has 2 N–H and O–H groups in total. The zero-order chi connectivity index (χ0) is 19.9. The van der Waals surface area contributed by atoms with Crippen LogP contribution in [0.4, 0.5) is 13.2 Å². The summed E-state index contributed by atoms with van der Waals surface area (Å²) in [6, 6.07) is 5.66. The van der Waals surface area contributed by atoms with Crippen molar-refractivity contribution in [3.63, 3.8) is 0 Å². The number of benzene rings is 1. The number of ether oxygens (including phenoxy) is 1. The van der Waals surface area contributed by atoms with E-state index >= 15 is 0 Å². The molecule has 27 heavy (non-hydrogen) atoms. The lowest BCUT2D eigenvalue weighted by Gasteiger charge is -2.16. The molecular formula is C16H16F3N3O4S. The molecule has 1 saturated heterocycles.